The van der Waals surface area contributed by atoms with Crippen LogP contribution in [0.25, 0.3) is 0 Å². The third-order valence-corrected chi connectivity index (χ3v) is 3.99. The van der Waals surface area contributed by atoms with Gasteiger partial charge in [-0.15, -0.1) is 0 Å². The Labute approximate surface area is 159 Å². The summed E-state index contributed by atoms with van der Waals surface area (Å²) in [5.41, 5.74) is 0.662. The summed E-state index contributed by atoms with van der Waals surface area (Å²) in [6.07, 6.45) is -0.313. The van der Waals surface area contributed by atoms with Crippen LogP contribution in [0.1, 0.15) is 41.5 Å². The van der Waals surface area contributed by atoms with Gasteiger partial charge in [0.15, 0.2) is 0 Å². The van der Waals surface area contributed by atoms with E-state index in [2.05, 4.69) is 0 Å². The first-order valence-corrected chi connectivity index (χ1v) is 8.56. The average molecular weight is 376 g/mol. The van der Waals surface area contributed by atoms with Crippen molar-refractivity contribution in [2.45, 2.75) is 26.9 Å². The van der Waals surface area contributed by atoms with Gasteiger partial charge in [0.2, 0.25) is 0 Å². The van der Waals surface area contributed by atoms with Crippen LogP contribution in [0.3, 0.4) is 0 Å². The Morgan fingerprint density at radius 2 is 1.11 bits per heavy atom. The van der Waals surface area contributed by atoms with E-state index >= 15 is 0 Å². The average Bonchev–Trinajstić information content (AvgIpc) is 2.69. The minimum absolute atomic E-state index is 0.159. The van der Waals surface area contributed by atoms with Crippen molar-refractivity contribution in [3.63, 3.8) is 0 Å². The Hall–Kier alpha value is -2.70. The van der Waals surface area contributed by atoms with Crippen LogP contribution in [0.5, 0.6) is 0 Å². The molecule has 3 unspecified atom stereocenters. The molecule has 0 saturated heterocycles. The number of aliphatic hydroxyl groups is 2. The van der Waals surface area contributed by atoms with Crippen LogP contribution in [-0.2, 0) is 0 Å². The van der Waals surface area contributed by atoms with Crippen LogP contribution in [0.2, 0.25) is 0 Å². The van der Waals surface area contributed by atoms with Gasteiger partial charge in [-0.3, -0.25) is 0 Å². The van der Waals surface area contributed by atoms with E-state index in [1.807, 2.05) is 13.8 Å². The van der Waals surface area contributed by atoms with Crippen molar-refractivity contribution in [1.29, 1.82) is 0 Å². The van der Waals surface area contributed by atoms with Crippen molar-refractivity contribution in [2.24, 2.45) is 11.8 Å². The van der Waals surface area contributed by atoms with E-state index in [1.54, 1.807) is 67.6 Å². The highest BCUT2D eigenvalue weighted by atomic mass is 16.4. The molecule has 6 heteroatoms. The normalized spacial score (nSPS) is 12.9. The smallest absolute Gasteiger partial charge is 0.335 e. The molecule has 6 nitrogen and oxygen atoms in total. The van der Waals surface area contributed by atoms with Crippen molar-refractivity contribution < 1.29 is 30.0 Å². The molecule has 2 aromatic carbocycles. The molecule has 0 spiro atoms. The first-order valence-electron chi connectivity index (χ1n) is 8.56. The molecule has 0 bridgehead atoms. The first-order chi connectivity index (χ1) is 12.7. The Kier molecular flexibility index (Phi) is 12.1. The van der Waals surface area contributed by atoms with Crippen LogP contribution in [0, 0.1) is 11.8 Å². The fourth-order valence-electron chi connectivity index (χ4n) is 1.80. The third-order valence-electron chi connectivity index (χ3n) is 3.99. The highest BCUT2D eigenvalue weighted by molar-refractivity contribution is 5.87. The summed E-state index contributed by atoms with van der Waals surface area (Å²) in [5, 5.41) is 34.4. The molecular formula is C21H28O6. The number of carboxylic acid groups (broad SMARTS) is 2. The van der Waals surface area contributed by atoms with Gasteiger partial charge in [0.1, 0.15) is 0 Å². The Balaban J connectivity index is 0.000000376. The molecule has 148 valence electrons. The highest BCUT2D eigenvalue weighted by Crippen LogP contribution is 2.13. The standard InChI is InChI=1S/2C7H6O2.C7H16O2/c2*8-7(9)6-4-2-1-3-5-6;1-5(4-8)6(2)7(3)9/h2*1-5H,(H,8,9);5-9H,4H2,1-3H3. The molecule has 0 aliphatic carbocycles. The van der Waals surface area contributed by atoms with E-state index in [0.29, 0.717) is 11.1 Å². The van der Waals surface area contributed by atoms with E-state index < -0.39 is 11.9 Å². The van der Waals surface area contributed by atoms with Crippen molar-refractivity contribution in [3.05, 3.63) is 71.8 Å². The second-order valence-electron chi connectivity index (χ2n) is 6.10. The lowest BCUT2D eigenvalue weighted by Crippen LogP contribution is -2.22. The lowest BCUT2D eigenvalue weighted by molar-refractivity contribution is 0.0686. The monoisotopic (exact) mass is 376 g/mol. The van der Waals surface area contributed by atoms with E-state index in [0.717, 1.165) is 0 Å². The van der Waals surface area contributed by atoms with Crippen LogP contribution >= 0.6 is 0 Å². The Bertz CT molecular complexity index is 605. The second kappa shape index (κ2) is 13.5. The fraction of sp³-hybridized carbons (Fsp3) is 0.333. The van der Waals surface area contributed by atoms with E-state index in [-0.39, 0.29) is 24.5 Å². The number of hydrogen-bond acceptors (Lipinski definition) is 4. The second-order valence-corrected chi connectivity index (χ2v) is 6.10. The zero-order chi connectivity index (χ0) is 20.8. The predicted molar refractivity (Wildman–Crippen MR) is 104 cm³/mol. The molecule has 0 heterocycles. The maximum atomic E-state index is 10.2. The summed E-state index contributed by atoms with van der Waals surface area (Å²) in [6.45, 7) is 5.77. The zero-order valence-corrected chi connectivity index (χ0v) is 15.8. The molecule has 0 saturated carbocycles. The number of carboxylic acids is 2. The van der Waals surface area contributed by atoms with Crippen LogP contribution < -0.4 is 0 Å². The molecule has 0 aromatic heterocycles. The van der Waals surface area contributed by atoms with Gasteiger partial charge < -0.3 is 20.4 Å². The summed E-state index contributed by atoms with van der Waals surface area (Å²) in [7, 11) is 0. The van der Waals surface area contributed by atoms with E-state index in [1.165, 1.54) is 0 Å². The molecule has 0 radical (unpaired) electrons. The van der Waals surface area contributed by atoms with Crippen molar-refractivity contribution in [3.8, 4) is 0 Å². The predicted octanol–water partition coefficient (Wildman–Crippen LogP) is 3.40. The van der Waals surface area contributed by atoms with Crippen molar-refractivity contribution in [1.82, 2.24) is 0 Å². The quantitative estimate of drug-likeness (QED) is 0.636. The summed E-state index contributed by atoms with van der Waals surface area (Å²) in [4.78, 5) is 20.4. The molecule has 3 atom stereocenters. The Morgan fingerprint density at radius 1 is 0.778 bits per heavy atom. The van der Waals surface area contributed by atoms with E-state index in [4.69, 9.17) is 20.4 Å². The number of carbonyl (C=O) groups is 2. The maximum Gasteiger partial charge on any atom is 0.335 e. The van der Waals surface area contributed by atoms with Gasteiger partial charge in [-0.25, -0.2) is 9.59 Å². The third kappa shape index (κ3) is 10.8. The number of benzene rings is 2. The number of rotatable bonds is 5. The van der Waals surface area contributed by atoms with Crippen molar-refractivity contribution >= 4 is 11.9 Å². The minimum Gasteiger partial charge on any atom is -0.478 e. The topological polar surface area (TPSA) is 115 Å². The molecule has 0 aliphatic heterocycles. The molecule has 2 rings (SSSR count). The van der Waals surface area contributed by atoms with Gasteiger partial charge in [0, 0.05) is 6.61 Å². The summed E-state index contributed by atoms with van der Waals surface area (Å²) >= 11 is 0. The zero-order valence-electron chi connectivity index (χ0n) is 15.8. The van der Waals surface area contributed by atoms with Crippen LogP contribution in [0.15, 0.2) is 60.7 Å². The SMILES string of the molecule is CC(O)C(C)C(C)CO.O=C(O)c1ccccc1.O=C(O)c1ccccc1. The van der Waals surface area contributed by atoms with Gasteiger partial charge in [-0.1, -0.05) is 50.2 Å². The summed E-state index contributed by atoms with van der Waals surface area (Å²) in [5.74, 6) is -1.37. The van der Waals surface area contributed by atoms with Gasteiger partial charge in [-0.05, 0) is 43.0 Å². The highest BCUT2D eigenvalue weighted by Gasteiger charge is 2.15. The summed E-state index contributed by atoms with van der Waals surface area (Å²) < 4.78 is 0. The fourth-order valence-corrected chi connectivity index (χ4v) is 1.80. The Morgan fingerprint density at radius 3 is 1.26 bits per heavy atom. The van der Waals surface area contributed by atoms with Gasteiger partial charge in [0.05, 0.1) is 17.2 Å². The lowest BCUT2D eigenvalue weighted by atomic mass is 9.92. The first kappa shape index (κ1) is 24.3. The van der Waals surface area contributed by atoms with E-state index in [9.17, 15) is 9.59 Å². The van der Waals surface area contributed by atoms with Gasteiger partial charge >= 0.3 is 11.9 Å². The number of hydrogen-bond donors (Lipinski definition) is 4. The van der Waals surface area contributed by atoms with Crippen molar-refractivity contribution in [2.75, 3.05) is 6.61 Å². The summed E-state index contributed by atoms with van der Waals surface area (Å²) in [6, 6.07) is 16.6. The largest absolute Gasteiger partial charge is 0.478 e. The number of aliphatic hydroxyl groups excluding tert-OH is 2. The lowest BCUT2D eigenvalue weighted by Gasteiger charge is -2.19. The molecule has 0 aliphatic rings. The molecule has 4 N–H and O–H groups in total. The molecule has 0 amide bonds. The molecular weight excluding hydrogens is 348 g/mol. The van der Waals surface area contributed by atoms with Gasteiger partial charge in [-0.2, -0.15) is 0 Å². The molecule has 27 heavy (non-hydrogen) atoms. The van der Waals surface area contributed by atoms with Crippen LogP contribution in [-0.4, -0.2) is 45.1 Å². The van der Waals surface area contributed by atoms with Crippen LogP contribution in [0.4, 0.5) is 0 Å². The maximum absolute atomic E-state index is 10.2. The molecule has 0 fully saturated rings. The minimum atomic E-state index is -0.879. The molecule has 2 aromatic rings. The number of aromatic carboxylic acids is 2. The van der Waals surface area contributed by atoms with Gasteiger partial charge in [0.25, 0.3) is 0 Å².